The molecule has 2 N–H and O–H groups in total. The molecule has 1 saturated heterocycles. The highest BCUT2D eigenvalue weighted by atomic mass is 16.3. The first-order valence-electron chi connectivity index (χ1n) is 7.57. The van der Waals surface area contributed by atoms with E-state index in [0.29, 0.717) is 25.3 Å². The van der Waals surface area contributed by atoms with Crippen LogP contribution in [0.3, 0.4) is 0 Å². The maximum atomic E-state index is 12.5. The van der Waals surface area contributed by atoms with Crippen molar-refractivity contribution in [3.8, 4) is 0 Å². The Labute approximate surface area is 125 Å². The molecule has 6 heteroatoms. The van der Waals surface area contributed by atoms with E-state index >= 15 is 0 Å². The Morgan fingerprint density at radius 3 is 2.81 bits per heavy atom. The van der Waals surface area contributed by atoms with Crippen LogP contribution in [0.4, 0.5) is 5.69 Å². The van der Waals surface area contributed by atoms with Crippen LogP contribution in [0.25, 0.3) is 0 Å². The molecular weight excluding hydrogens is 268 g/mol. The third-order valence-corrected chi connectivity index (χ3v) is 3.63. The monoisotopic (exact) mass is 292 g/mol. The minimum absolute atomic E-state index is 0.0150. The van der Waals surface area contributed by atoms with Crippen molar-refractivity contribution < 1.29 is 9.90 Å². The molecule has 0 aromatic carbocycles. The van der Waals surface area contributed by atoms with Crippen LogP contribution in [-0.2, 0) is 0 Å². The second-order valence-corrected chi connectivity index (χ2v) is 5.21. The zero-order chi connectivity index (χ0) is 15.1. The van der Waals surface area contributed by atoms with Crippen LogP contribution in [-0.4, -0.2) is 71.7 Å². The molecular formula is C15H24N4O2. The van der Waals surface area contributed by atoms with E-state index in [1.54, 1.807) is 6.20 Å². The summed E-state index contributed by atoms with van der Waals surface area (Å²) in [6.07, 6.45) is 2.71. The molecule has 0 unspecified atom stereocenters. The van der Waals surface area contributed by atoms with Crippen molar-refractivity contribution in [3.05, 3.63) is 24.0 Å². The molecule has 1 aromatic rings. The number of β-amino-alcohol motifs (C(OH)–C–C–N with tert-alkyl or cyclic N) is 1. The number of carbonyl (C=O) groups is 1. The molecule has 116 valence electrons. The summed E-state index contributed by atoms with van der Waals surface area (Å²) in [6, 6.07) is 3.70. The van der Waals surface area contributed by atoms with Crippen LogP contribution in [0.2, 0.25) is 0 Å². The molecule has 1 aliphatic heterocycles. The van der Waals surface area contributed by atoms with Gasteiger partial charge in [0.15, 0.2) is 0 Å². The van der Waals surface area contributed by atoms with E-state index < -0.39 is 0 Å². The lowest BCUT2D eigenvalue weighted by molar-refractivity contribution is 0.0609. The molecule has 6 nitrogen and oxygen atoms in total. The average Bonchev–Trinajstić information content (AvgIpc) is 2.53. The van der Waals surface area contributed by atoms with Crippen LogP contribution >= 0.6 is 0 Å². The van der Waals surface area contributed by atoms with Crippen molar-refractivity contribution in [1.29, 1.82) is 0 Å². The van der Waals surface area contributed by atoms with Gasteiger partial charge in [-0.25, -0.2) is 0 Å². The van der Waals surface area contributed by atoms with Gasteiger partial charge in [-0.3, -0.25) is 14.7 Å². The first-order valence-corrected chi connectivity index (χ1v) is 7.57. The third kappa shape index (κ3) is 4.41. The summed E-state index contributed by atoms with van der Waals surface area (Å²) < 4.78 is 0. The summed E-state index contributed by atoms with van der Waals surface area (Å²) in [7, 11) is 0. The van der Waals surface area contributed by atoms with Gasteiger partial charge in [-0.05, 0) is 18.6 Å². The van der Waals surface area contributed by atoms with Gasteiger partial charge in [0.05, 0.1) is 6.61 Å². The number of aliphatic hydroxyl groups is 1. The number of nitrogens with zero attached hydrogens (tertiary/aromatic N) is 3. The molecule has 0 atom stereocenters. The molecule has 2 rings (SSSR count). The van der Waals surface area contributed by atoms with E-state index in [0.717, 1.165) is 31.7 Å². The fraction of sp³-hybridized carbons (Fsp3) is 0.600. The Hall–Kier alpha value is -1.66. The number of nitrogens with one attached hydrogen (secondary N) is 1. The zero-order valence-corrected chi connectivity index (χ0v) is 12.6. The number of rotatable bonds is 6. The summed E-state index contributed by atoms with van der Waals surface area (Å²) >= 11 is 0. The molecule has 0 spiro atoms. The minimum Gasteiger partial charge on any atom is -0.395 e. The standard InChI is InChI=1S/C15H24N4O2/c1-2-4-16-13-3-5-17-14(12-13)15(21)19-8-6-18(7-9-19)10-11-20/h3,5,12,20H,2,4,6-11H2,1H3,(H,16,17). The van der Waals surface area contributed by atoms with Gasteiger partial charge in [-0.15, -0.1) is 0 Å². The van der Waals surface area contributed by atoms with Gasteiger partial charge in [0.2, 0.25) is 0 Å². The highest BCUT2D eigenvalue weighted by molar-refractivity contribution is 5.93. The number of hydrogen-bond donors (Lipinski definition) is 2. The van der Waals surface area contributed by atoms with Gasteiger partial charge in [0, 0.05) is 51.2 Å². The number of aromatic nitrogens is 1. The van der Waals surface area contributed by atoms with E-state index in [2.05, 4.69) is 22.1 Å². The Morgan fingerprint density at radius 2 is 2.14 bits per heavy atom. The molecule has 1 aromatic heterocycles. The Balaban J connectivity index is 1.94. The number of pyridine rings is 1. The van der Waals surface area contributed by atoms with Crippen molar-refractivity contribution in [2.75, 3.05) is 51.2 Å². The molecule has 0 saturated carbocycles. The lowest BCUT2D eigenvalue weighted by Gasteiger charge is -2.34. The first-order chi connectivity index (χ1) is 10.2. The Kier molecular flexibility index (Phi) is 5.95. The second kappa shape index (κ2) is 7.95. The molecule has 0 aliphatic carbocycles. The van der Waals surface area contributed by atoms with Gasteiger partial charge in [0.1, 0.15) is 5.69 Å². The maximum absolute atomic E-state index is 12.5. The smallest absolute Gasteiger partial charge is 0.272 e. The normalized spacial score (nSPS) is 16.0. The number of hydrogen-bond acceptors (Lipinski definition) is 5. The zero-order valence-electron chi connectivity index (χ0n) is 12.6. The highest BCUT2D eigenvalue weighted by Crippen LogP contribution is 2.12. The van der Waals surface area contributed by atoms with Crippen LogP contribution in [0.1, 0.15) is 23.8 Å². The predicted octanol–water partition coefficient (Wildman–Crippen LogP) is 0.654. The average molecular weight is 292 g/mol. The van der Waals surface area contributed by atoms with Crippen molar-refractivity contribution in [3.63, 3.8) is 0 Å². The molecule has 0 radical (unpaired) electrons. The number of anilines is 1. The van der Waals surface area contributed by atoms with E-state index in [-0.39, 0.29) is 12.5 Å². The lowest BCUT2D eigenvalue weighted by atomic mass is 10.2. The third-order valence-electron chi connectivity index (χ3n) is 3.63. The number of aliphatic hydroxyl groups excluding tert-OH is 1. The number of amides is 1. The van der Waals surface area contributed by atoms with Crippen molar-refractivity contribution in [2.45, 2.75) is 13.3 Å². The summed E-state index contributed by atoms with van der Waals surface area (Å²) in [5.74, 6) is -0.0150. The van der Waals surface area contributed by atoms with Gasteiger partial charge in [-0.2, -0.15) is 0 Å². The van der Waals surface area contributed by atoms with Gasteiger partial charge < -0.3 is 15.3 Å². The largest absolute Gasteiger partial charge is 0.395 e. The first kappa shape index (κ1) is 15.7. The molecule has 1 fully saturated rings. The molecule has 21 heavy (non-hydrogen) atoms. The number of carbonyl (C=O) groups excluding carboxylic acids is 1. The van der Waals surface area contributed by atoms with Gasteiger partial charge in [0.25, 0.3) is 5.91 Å². The van der Waals surface area contributed by atoms with Crippen molar-refractivity contribution >= 4 is 11.6 Å². The van der Waals surface area contributed by atoms with E-state index in [1.165, 1.54) is 0 Å². The highest BCUT2D eigenvalue weighted by Gasteiger charge is 2.22. The summed E-state index contributed by atoms with van der Waals surface area (Å²) in [5, 5.41) is 12.2. The van der Waals surface area contributed by atoms with Crippen LogP contribution in [0, 0.1) is 0 Å². The fourth-order valence-electron chi connectivity index (χ4n) is 2.40. The van der Waals surface area contributed by atoms with E-state index in [1.807, 2.05) is 17.0 Å². The van der Waals surface area contributed by atoms with Crippen molar-refractivity contribution in [1.82, 2.24) is 14.8 Å². The summed E-state index contributed by atoms with van der Waals surface area (Å²) in [6.45, 7) is 6.82. The molecule has 2 heterocycles. The number of piperazine rings is 1. The van der Waals surface area contributed by atoms with Crippen LogP contribution < -0.4 is 5.32 Å². The van der Waals surface area contributed by atoms with Crippen molar-refractivity contribution in [2.24, 2.45) is 0 Å². The minimum atomic E-state index is -0.0150. The van der Waals surface area contributed by atoms with Gasteiger partial charge >= 0.3 is 0 Å². The lowest BCUT2D eigenvalue weighted by Crippen LogP contribution is -2.49. The van der Waals surface area contributed by atoms with E-state index in [9.17, 15) is 4.79 Å². The fourth-order valence-corrected chi connectivity index (χ4v) is 2.40. The quantitative estimate of drug-likeness (QED) is 0.806. The molecule has 1 aliphatic rings. The van der Waals surface area contributed by atoms with E-state index in [4.69, 9.17) is 5.11 Å². The molecule has 0 bridgehead atoms. The SMILES string of the molecule is CCCNc1ccnc(C(=O)N2CCN(CCO)CC2)c1. The summed E-state index contributed by atoms with van der Waals surface area (Å²) in [4.78, 5) is 20.6. The molecule has 1 amide bonds. The van der Waals surface area contributed by atoms with Gasteiger partial charge in [-0.1, -0.05) is 6.92 Å². The Morgan fingerprint density at radius 1 is 1.38 bits per heavy atom. The predicted molar refractivity (Wildman–Crippen MR) is 82.4 cm³/mol. The van der Waals surface area contributed by atoms with Crippen LogP contribution in [0.5, 0.6) is 0 Å². The maximum Gasteiger partial charge on any atom is 0.272 e. The van der Waals surface area contributed by atoms with Crippen LogP contribution in [0.15, 0.2) is 18.3 Å². The summed E-state index contributed by atoms with van der Waals surface area (Å²) in [5.41, 5.74) is 1.43. The second-order valence-electron chi connectivity index (χ2n) is 5.21. The Bertz CT molecular complexity index is 459. The topological polar surface area (TPSA) is 68.7 Å².